The topological polar surface area (TPSA) is 135 Å². The Morgan fingerprint density at radius 1 is 1.03 bits per heavy atom. The molecule has 4 aromatic rings. The van der Waals surface area contributed by atoms with Crippen LogP contribution in [0.5, 0.6) is 0 Å². The number of nitrogens with zero attached hydrogens (tertiary/aromatic N) is 10. The summed E-state index contributed by atoms with van der Waals surface area (Å²) in [6.45, 7) is 5.97. The molecule has 6 rings (SSSR count). The highest BCUT2D eigenvalue weighted by Crippen LogP contribution is 2.25. The van der Waals surface area contributed by atoms with Gasteiger partial charge in [0.15, 0.2) is 5.82 Å². The van der Waals surface area contributed by atoms with Gasteiger partial charge in [-0.25, -0.2) is 19.3 Å². The molecule has 0 amide bonds. The van der Waals surface area contributed by atoms with E-state index in [-0.39, 0.29) is 11.9 Å². The Bertz CT molecular complexity index is 1360. The molecule has 39 heavy (non-hydrogen) atoms. The number of hydrogen-bond donors (Lipinski definition) is 2. The number of piperazine rings is 1. The predicted molar refractivity (Wildman–Crippen MR) is 143 cm³/mol. The van der Waals surface area contributed by atoms with Crippen molar-refractivity contribution in [3.05, 3.63) is 55.0 Å². The van der Waals surface area contributed by atoms with E-state index in [9.17, 15) is 4.39 Å². The van der Waals surface area contributed by atoms with Crippen LogP contribution >= 0.6 is 11.8 Å². The van der Waals surface area contributed by atoms with Gasteiger partial charge in [0, 0.05) is 50.4 Å². The minimum absolute atomic E-state index is 0.106. The maximum Gasteiger partial charge on any atom is 0.232 e. The first kappa shape index (κ1) is 25.3. The van der Waals surface area contributed by atoms with E-state index in [0.717, 1.165) is 36.8 Å². The zero-order chi connectivity index (χ0) is 26.4. The van der Waals surface area contributed by atoms with Crippen LogP contribution in [0.1, 0.15) is 0 Å². The minimum Gasteiger partial charge on any atom is -0.374 e. The molecule has 0 radical (unpaired) electrons. The fourth-order valence-electron chi connectivity index (χ4n) is 4.30. The second-order valence-electron chi connectivity index (χ2n) is 9.01. The molecule has 0 bridgehead atoms. The van der Waals surface area contributed by atoms with Gasteiger partial charge in [0.05, 0.1) is 37.3 Å². The zero-order valence-corrected chi connectivity index (χ0v) is 21.8. The van der Waals surface area contributed by atoms with Crippen LogP contribution in [-0.2, 0) is 11.3 Å². The van der Waals surface area contributed by atoms with Crippen molar-refractivity contribution in [3.63, 3.8) is 0 Å². The lowest BCUT2D eigenvalue weighted by atomic mass is 10.3. The van der Waals surface area contributed by atoms with E-state index >= 15 is 0 Å². The average Bonchev–Trinajstić information content (AvgIpc) is 3.42. The van der Waals surface area contributed by atoms with E-state index in [1.54, 1.807) is 24.5 Å². The Morgan fingerprint density at radius 2 is 1.87 bits per heavy atom. The molecule has 2 N–H and O–H groups in total. The van der Waals surface area contributed by atoms with Crippen LogP contribution in [0.4, 0.5) is 27.8 Å². The predicted octanol–water partition coefficient (Wildman–Crippen LogP) is 1.60. The molecule has 2 fully saturated rings. The Balaban J connectivity index is 1.01. The van der Waals surface area contributed by atoms with Crippen molar-refractivity contribution in [1.82, 2.24) is 45.2 Å². The summed E-state index contributed by atoms with van der Waals surface area (Å²) in [7, 11) is 0. The molecule has 2 saturated heterocycles. The van der Waals surface area contributed by atoms with E-state index in [0.29, 0.717) is 49.1 Å². The first-order valence-corrected chi connectivity index (χ1v) is 13.4. The van der Waals surface area contributed by atoms with Gasteiger partial charge in [-0.2, -0.15) is 10.1 Å². The summed E-state index contributed by atoms with van der Waals surface area (Å²) < 4.78 is 20.7. The van der Waals surface area contributed by atoms with Crippen molar-refractivity contribution < 1.29 is 9.13 Å². The number of anilines is 4. The zero-order valence-electron chi connectivity index (χ0n) is 21.0. The van der Waals surface area contributed by atoms with Gasteiger partial charge >= 0.3 is 0 Å². The van der Waals surface area contributed by atoms with Crippen LogP contribution < -0.4 is 20.4 Å². The third-order valence-electron chi connectivity index (χ3n) is 6.28. The molecule has 2 aliphatic heterocycles. The highest BCUT2D eigenvalue weighted by atomic mass is 32.2. The molecule has 15 heteroatoms. The first-order chi connectivity index (χ1) is 19.2. The van der Waals surface area contributed by atoms with Gasteiger partial charge in [-0.15, -0.1) is 10.2 Å². The second-order valence-corrected chi connectivity index (χ2v) is 10.1. The lowest BCUT2D eigenvalue weighted by Gasteiger charge is -2.34. The maximum absolute atomic E-state index is 13.1. The van der Waals surface area contributed by atoms with Crippen molar-refractivity contribution in [1.29, 1.82) is 0 Å². The Morgan fingerprint density at radius 3 is 2.64 bits per heavy atom. The molecule has 0 aliphatic carbocycles. The summed E-state index contributed by atoms with van der Waals surface area (Å²) in [5.41, 5.74) is 0.799. The summed E-state index contributed by atoms with van der Waals surface area (Å²) in [6, 6.07) is 6.21. The van der Waals surface area contributed by atoms with E-state index in [4.69, 9.17) is 4.74 Å². The number of benzene rings is 1. The molecule has 3 aromatic heterocycles. The molecular weight excluding hydrogens is 523 g/mol. The molecule has 0 saturated carbocycles. The molecule has 0 unspecified atom stereocenters. The van der Waals surface area contributed by atoms with Crippen LogP contribution in [-0.4, -0.2) is 91.9 Å². The number of ether oxygens (including phenoxy) is 1. The summed E-state index contributed by atoms with van der Waals surface area (Å²) in [5.74, 6) is 1.50. The lowest BCUT2D eigenvalue weighted by molar-refractivity contribution is 0.0161. The fourth-order valence-corrected chi connectivity index (χ4v) is 4.97. The van der Waals surface area contributed by atoms with Gasteiger partial charge in [-0.1, -0.05) is 0 Å². The quantitative estimate of drug-likeness (QED) is 0.329. The summed E-state index contributed by atoms with van der Waals surface area (Å²) in [5, 5.41) is 20.0. The highest BCUT2D eigenvalue weighted by Gasteiger charge is 2.21. The van der Waals surface area contributed by atoms with Gasteiger partial charge in [0.2, 0.25) is 17.1 Å². The lowest BCUT2D eigenvalue weighted by Crippen LogP contribution is -2.47. The van der Waals surface area contributed by atoms with Crippen LogP contribution in [0.2, 0.25) is 0 Å². The van der Waals surface area contributed by atoms with E-state index < -0.39 is 0 Å². The van der Waals surface area contributed by atoms with Crippen molar-refractivity contribution in [2.45, 2.75) is 22.7 Å². The van der Waals surface area contributed by atoms with E-state index in [1.165, 1.54) is 30.2 Å². The summed E-state index contributed by atoms with van der Waals surface area (Å²) >= 11 is 1.34. The van der Waals surface area contributed by atoms with Crippen molar-refractivity contribution in [3.8, 4) is 0 Å². The van der Waals surface area contributed by atoms with Gasteiger partial charge < -0.3 is 25.2 Å². The Hall–Kier alpha value is -3.95. The largest absolute Gasteiger partial charge is 0.374 e. The van der Waals surface area contributed by atoms with Crippen LogP contribution in [0.25, 0.3) is 0 Å². The molecular formula is C24H27FN12OS. The smallest absolute Gasteiger partial charge is 0.232 e. The summed E-state index contributed by atoms with van der Waals surface area (Å²) in [6.07, 6.45) is 7.00. The van der Waals surface area contributed by atoms with Gasteiger partial charge in [-0.3, -0.25) is 4.68 Å². The third-order valence-corrected chi connectivity index (χ3v) is 7.16. The monoisotopic (exact) mass is 550 g/mol. The van der Waals surface area contributed by atoms with E-state index in [2.05, 4.69) is 55.7 Å². The van der Waals surface area contributed by atoms with Crippen LogP contribution in [0.15, 0.2) is 59.2 Å². The number of nitrogens with one attached hydrogen (secondary N) is 2. The standard InChI is InChI=1S/C24H27FN12OS/c25-17-1-3-20(4-2-17)39-24-27-13-21(33-34-24)35-6-8-36(9-7-35)23-29-16-28-22(32-23)31-18-11-30-37(14-18)15-19-12-26-5-10-38-19/h1-4,11,13-14,16,19,26H,5-10,12,15H2,(H,28,29,31,32)/t19-/m0/s1. The number of aromatic nitrogens is 8. The van der Waals surface area contributed by atoms with Gasteiger partial charge in [0.25, 0.3) is 0 Å². The van der Waals surface area contributed by atoms with Crippen molar-refractivity contribution in [2.75, 3.05) is 61.0 Å². The number of hydrogen-bond acceptors (Lipinski definition) is 13. The van der Waals surface area contributed by atoms with Gasteiger partial charge in [-0.05, 0) is 36.0 Å². The van der Waals surface area contributed by atoms with Gasteiger partial charge in [0.1, 0.15) is 12.1 Å². The van der Waals surface area contributed by atoms with Crippen molar-refractivity contribution >= 4 is 35.2 Å². The molecule has 5 heterocycles. The van der Waals surface area contributed by atoms with Crippen LogP contribution in [0.3, 0.4) is 0 Å². The SMILES string of the molecule is Fc1ccc(Sc2ncc(N3CCN(c4ncnc(Nc5cnn(C[C@@H]6CNCCO6)c5)n4)CC3)nn2)cc1. The Kier molecular flexibility index (Phi) is 7.69. The Labute approximate surface area is 228 Å². The molecule has 0 spiro atoms. The number of halogens is 1. The number of rotatable bonds is 8. The molecule has 1 atom stereocenters. The normalized spacial score (nSPS) is 17.8. The first-order valence-electron chi connectivity index (χ1n) is 12.6. The highest BCUT2D eigenvalue weighted by molar-refractivity contribution is 7.99. The molecule has 13 nitrogen and oxygen atoms in total. The van der Waals surface area contributed by atoms with E-state index in [1.807, 2.05) is 10.9 Å². The second kappa shape index (κ2) is 11.8. The molecule has 1 aromatic carbocycles. The number of morpholine rings is 1. The van der Waals surface area contributed by atoms with Crippen molar-refractivity contribution in [2.24, 2.45) is 0 Å². The summed E-state index contributed by atoms with van der Waals surface area (Å²) in [4.78, 5) is 22.8. The maximum atomic E-state index is 13.1. The molecule has 2 aliphatic rings. The fraction of sp³-hybridized carbons (Fsp3) is 0.375. The minimum atomic E-state index is -0.274. The average molecular weight is 551 g/mol. The van der Waals surface area contributed by atoms with Crippen LogP contribution in [0, 0.1) is 5.82 Å². The molecule has 202 valence electrons. The third kappa shape index (κ3) is 6.55.